The average molecular weight is 273 g/mol. The smallest absolute Gasteiger partial charge is 0.271 e. The van der Waals surface area contributed by atoms with E-state index in [1.807, 2.05) is 24.3 Å². The molecule has 2 rings (SSSR count). The van der Waals surface area contributed by atoms with E-state index in [0.717, 1.165) is 12.1 Å². The molecular formula is C15H19N3O2. The van der Waals surface area contributed by atoms with Crippen LogP contribution in [0.25, 0.3) is 0 Å². The van der Waals surface area contributed by atoms with E-state index >= 15 is 0 Å². The zero-order valence-corrected chi connectivity index (χ0v) is 11.6. The lowest BCUT2D eigenvalue weighted by atomic mass is 10.1. The molecule has 0 aromatic heterocycles. The molecule has 2 amide bonds. The Balaban J connectivity index is 1.92. The van der Waals surface area contributed by atoms with E-state index in [2.05, 4.69) is 22.8 Å². The summed E-state index contributed by atoms with van der Waals surface area (Å²) in [4.78, 5) is 22.9. The van der Waals surface area contributed by atoms with E-state index < -0.39 is 0 Å². The van der Waals surface area contributed by atoms with Gasteiger partial charge in [0.1, 0.15) is 5.71 Å². The standard InChI is InChI=1S/C15H19N3O2/c1-2-3-4-11-5-7-12(8-6-11)16-15(20)13-9-10-14(19)18-17-13/h5-8H,2-4,9-10H2,1H3,(H,16,20)(H,18,19). The average Bonchev–Trinajstić information content (AvgIpc) is 2.47. The van der Waals surface area contributed by atoms with Crippen molar-refractivity contribution in [2.45, 2.75) is 39.0 Å². The first kappa shape index (κ1) is 14.2. The molecule has 0 saturated carbocycles. The number of aryl methyl sites for hydroxylation is 1. The van der Waals surface area contributed by atoms with Crippen molar-refractivity contribution in [2.75, 3.05) is 5.32 Å². The minimum absolute atomic E-state index is 0.151. The molecule has 1 heterocycles. The first-order valence-electron chi connectivity index (χ1n) is 6.94. The third-order valence-corrected chi connectivity index (χ3v) is 3.20. The number of hydrogen-bond donors (Lipinski definition) is 2. The summed E-state index contributed by atoms with van der Waals surface area (Å²) in [6, 6.07) is 7.83. The number of carbonyl (C=O) groups excluding carboxylic acids is 2. The number of amides is 2. The van der Waals surface area contributed by atoms with Gasteiger partial charge in [-0.15, -0.1) is 0 Å². The van der Waals surface area contributed by atoms with Crippen molar-refractivity contribution in [2.24, 2.45) is 5.10 Å². The summed E-state index contributed by atoms with van der Waals surface area (Å²) >= 11 is 0. The van der Waals surface area contributed by atoms with Crippen LogP contribution in [0.15, 0.2) is 29.4 Å². The van der Waals surface area contributed by atoms with Crippen molar-refractivity contribution >= 4 is 23.2 Å². The molecule has 106 valence electrons. The lowest BCUT2D eigenvalue weighted by Crippen LogP contribution is -2.32. The van der Waals surface area contributed by atoms with Crippen LogP contribution in [0.5, 0.6) is 0 Å². The normalized spacial score (nSPS) is 14.4. The second-order valence-corrected chi connectivity index (χ2v) is 4.85. The number of nitrogens with zero attached hydrogens (tertiary/aromatic N) is 1. The number of hydrogen-bond acceptors (Lipinski definition) is 3. The van der Waals surface area contributed by atoms with Crippen LogP contribution in [0.2, 0.25) is 0 Å². The zero-order chi connectivity index (χ0) is 14.4. The summed E-state index contributed by atoms with van der Waals surface area (Å²) in [5.41, 5.74) is 4.70. The first-order valence-corrected chi connectivity index (χ1v) is 6.94. The molecule has 1 aromatic rings. The van der Waals surface area contributed by atoms with E-state index in [9.17, 15) is 9.59 Å². The highest BCUT2D eigenvalue weighted by atomic mass is 16.2. The largest absolute Gasteiger partial charge is 0.321 e. The van der Waals surface area contributed by atoms with E-state index in [-0.39, 0.29) is 11.8 Å². The molecule has 1 aromatic carbocycles. The fourth-order valence-corrected chi connectivity index (χ4v) is 1.98. The monoisotopic (exact) mass is 273 g/mol. The fourth-order valence-electron chi connectivity index (χ4n) is 1.98. The van der Waals surface area contributed by atoms with Crippen LogP contribution in [-0.2, 0) is 16.0 Å². The summed E-state index contributed by atoms with van der Waals surface area (Å²) < 4.78 is 0. The highest BCUT2D eigenvalue weighted by Gasteiger charge is 2.18. The Labute approximate surface area is 118 Å². The number of nitrogens with one attached hydrogen (secondary N) is 2. The van der Waals surface area contributed by atoms with Crippen molar-refractivity contribution in [1.82, 2.24) is 5.43 Å². The number of hydrazone groups is 1. The van der Waals surface area contributed by atoms with Crippen LogP contribution in [0.4, 0.5) is 5.69 Å². The second-order valence-electron chi connectivity index (χ2n) is 4.85. The SMILES string of the molecule is CCCCc1ccc(NC(=O)C2=NNC(=O)CC2)cc1. The van der Waals surface area contributed by atoms with Crippen LogP contribution < -0.4 is 10.7 Å². The Morgan fingerprint density at radius 1 is 1.30 bits per heavy atom. The van der Waals surface area contributed by atoms with Crippen LogP contribution in [0.1, 0.15) is 38.2 Å². The minimum atomic E-state index is -0.258. The summed E-state index contributed by atoms with van der Waals surface area (Å²) in [5.74, 6) is -0.409. The number of carbonyl (C=O) groups is 2. The molecular weight excluding hydrogens is 254 g/mol. The molecule has 1 aliphatic rings. The van der Waals surface area contributed by atoms with E-state index in [4.69, 9.17) is 0 Å². The summed E-state index contributed by atoms with van der Waals surface area (Å²) in [6.45, 7) is 2.16. The molecule has 1 aliphatic heterocycles. The molecule has 0 bridgehead atoms. The van der Waals surface area contributed by atoms with Gasteiger partial charge < -0.3 is 5.32 Å². The maximum Gasteiger partial charge on any atom is 0.271 e. The van der Waals surface area contributed by atoms with Crippen LogP contribution in [-0.4, -0.2) is 17.5 Å². The van der Waals surface area contributed by atoms with Gasteiger partial charge in [-0.05, 0) is 30.5 Å². The van der Waals surface area contributed by atoms with Gasteiger partial charge in [0.15, 0.2) is 0 Å². The van der Waals surface area contributed by atoms with Crippen LogP contribution in [0.3, 0.4) is 0 Å². The third kappa shape index (κ3) is 3.91. The van der Waals surface area contributed by atoms with Gasteiger partial charge in [-0.2, -0.15) is 5.10 Å². The quantitative estimate of drug-likeness (QED) is 0.863. The highest BCUT2D eigenvalue weighted by Crippen LogP contribution is 2.12. The van der Waals surface area contributed by atoms with E-state index in [1.165, 1.54) is 18.4 Å². The van der Waals surface area contributed by atoms with E-state index in [0.29, 0.717) is 18.6 Å². The number of anilines is 1. The number of benzene rings is 1. The maximum absolute atomic E-state index is 11.9. The lowest BCUT2D eigenvalue weighted by molar-refractivity contribution is -0.121. The Kier molecular flexibility index (Phi) is 4.87. The minimum Gasteiger partial charge on any atom is -0.321 e. The Bertz CT molecular complexity index is 520. The van der Waals surface area contributed by atoms with Gasteiger partial charge in [0.25, 0.3) is 5.91 Å². The Morgan fingerprint density at radius 3 is 2.65 bits per heavy atom. The predicted octanol–water partition coefficient (Wildman–Crippen LogP) is 2.23. The highest BCUT2D eigenvalue weighted by molar-refractivity contribution is 6.43. The Morgan fingerprint density at radius 2 is 2.05 bits per heavy atom. The van der Waals surface area contributed by atoms with Gasteiger partial charge in [0.2, 0.25) is 5.91 Å². The van der Waals surface area contributed by atoms with Gasteiger partial charge in [0.05, 0.1) is 0 Å². The lowest BCUT2D eigenvalue weighted by Gasteiger charge is -2.12. The molecule has 0 aliphatic carbocycles. The number of rotatable bonds is 5. The molecule has 5 nitrogen and oxygen atoms in total. The maximum atomic E-state index is 11.9. The molecule has 0 unspecified atom stereocenters. The van der Waals surface area contributed by atoms with Gasteiger partial charge in [-0.1, -0.05) is 25.5 Å². The van der Waals surface area contributed by atoms with E-state index in [1.54, 1.807) is 0 Å². The van der Waals surface area contributed by atoms with Gasteiger partial charge >= 0.3 is 0 Å². The molecule has 0 atom stereocenters. The van der Waals surface area contributed by atoms with Crippen molar-refractivity contribution in [3.05, 3.63) is 29.8 Å². The van der Waals surface area contributed by atoms with Gasteiger partial charge in [-0.25, -0.2) is 5.43 Å². The molecule has 2 N–H and O–H groups in total. The molecule has 0 saturated heterocycles. The van der Waals surface area contributed by atoms with Gasteiger partial charge in [-0.3, -0.25) is 9.59 Å². The first-order chi connectivity index (χ1) is 9.69. The molecule has 0 radical (unpaired) electrons. The van der Waals surface area contributed by atoms with Crippen molar-refractivity contribution in [3.63, 3.8) is 0 Å². The van der Waals surface area contributed by atoms with Crippen molar-refractivity contribution < 1.29 is 9.59 Å². The molecule has 0 fully saturated rings. The van der Waals surface area contributed by atoms with Crippen molar-refractivity contribution in [3.8, 4) is 0 Å². The zero-order valence-electron chi connectivity index (χ0n) is 11.6. The summed E-state index contributed by atoms with van der Waals surface area (Å²) in [6.07, 6.45) is 4.09. The number of unbranched alkanes of at least 4 members (excludes halogenated alkanes) is 1. The predicted molar refractivity (Wildman–Crippen MR) is 78.5 cm³/mol. The third-order valence-electron chi connectivity index (χ3n) is 3.20. The van der Waals surface area contributed by atoms with Gasteiger partial charge in [0, 0.05) is 18.5 Å². The topological polar surface area (TPSA) is 70.6 Å². The van der Waals surface area contributed by atoms with Crippen LogP contribution in [0, 0.1) is 0 Å². The molecule has 0 spiro atoms. The summed E-state index contributed by atoms with van der Waals surface area (Å²) in [7, 11) is 0. The molecule has 5 heteroatoms. The molecule has 20 heavy (non-hydrogen) atoms. The Hall–Kier alpha value is -2.17. The van der Waals surface area contributed by atoms with Crippen LogP contribution >= 0.6 is 0 Å². The second kappa shape index (κ2) is 6.84. The van der Waals surface area contributed by atoms with Crippen molar-refractivity contribution in [1.29, 1.82) is 0 Å². The summed E-state index contributed by atoms with van der Waals surface area (Å²) in [5, 5.41) is 6.56. The fraction of sp³-hybridized carbons (Fsp3) is 0.400.